The minimum atomic E-state index is -0.338. The summed E-state index contributed by atoms with van der Waals surface area (Å²) in [5, 5.41) is 0. The Labute approximate surface area is 61.3 Å². The Morgan fingerprint density at radius 1 is 1.40 bits per heavy atom. The van der Waals surface area contributed by atoms with E-state index < -0.39 is 0 Å². The summed E-state index contributed by atoms with van der Waals surface area (Å²) < 4.78 is 9.49. The molecule has 0 aromatic carbocycles. The molecule has 0 spiro atoms. The van der Waals surface area contributed by atoms with Crippen LogP contribution in [0.4, 0.5) is 0 Å². The van der Waals surface area contributed by atoms with Crippen LogP contribution in [-0.2, 0) is 14.3 Å². The molecule has 0 saturated carbocycles. The van der Waals surface area contributed by atoms with Gasteiger partial charge in [-0.3, -0.25) is 0 Å². The highest BCUT2D eigenvalue weighted by Gasteiger charge is 2.12. The van der Waals surface area contributed by atoms with Gasteiger partial charge in [-0.2, -0.15) is 0 Å². The maximum Gasteiger partial charge on any atom is 0.331 e. The topological polar surface area (TPSA) is 35.5 Å². The third kappa shape index (κ3) is 5.56. The molecule has 0 aliphatic carbocycles. The van der Waals surface area contributed by atoms with Crippen molar-refractivity contribution >= 4 is 5.97 Å². The van der Waals surface area contributed by atoms with Gasteiger partial charge in [-0.1, -0.05) is 0 Å². The fraction of sp³-hybridized carbons (Fsp3) is 0.857. The number of hydrogen-bond donors (Lipinski definition) is 0. The smallest absolute Gasteiger partial charge is 0.331 e. The average Bonchev–Trinajstić information content (AvgIpc) is 1.81. The molecule has 3 nitrogen and oxygen atoms in total. The molecule has 0 N–H and O–H groups in total. The third-order valence-electron chi connectivity index (χ3n) is 0.851. The van der Waals surface area contributed by atoms with Crippen LogP contribution >= 0.6 is 0 Å². The molecule has 0 aliphatic rings. The molecule has 0 heterocycles. The van der Waals surface area contributed by atoms with Gasteiger partial charge in [-0.25, -0.2) is 4.79 Å². The van der Waals surface area contributed by atoms with Crippen LogP contribution in [0.2, 0.25) is 0 Å². The van der Waals surface area contributed by atoms with Gasteiger partial charge in [-0.15, -0.1) is 0 Å². The lowest BCUT2D eigenvalue weighted by Gasteiger charge is -2.17. The van der Waals surface area contributed by atoms with E-state index in [0.29, 0.717) is 0 Å². The zero-order valence-electron chi connectivity index (χ0n) is 6.93. The molecule has 0 atom stereocenters. The Hall–Kier alpha value is -0.570. The number of methoxy groups -OCH3 is 1. The van der Waals surface area contributed by atoms with E-state index in [4.69, 9.17) is 4.74 Å². The fourth-order valence-corrected chi connectivity index (χ4v) is 0.334. The number of rotatable bonds is 2. The molecule has 0 aromatic rings. The lowest BCUT2D eigenvalue weighted by atomic mass is 10.2. The first-order valence-corrected chi connectivity index (χ1v) is 3.16. The Morgan fingerprint density at radius 3 is 2.20 bits per heavy atom. The van der Waals surface area contributed by atoms with Crippen molar-refractivity contribution in [1.82, 2.24) is 0 Å². The second-order valence-electron chi connectivity index (χ2n) is 2.98. The quantitative estimate of drug-likeness (QED) is 0.545. The van der Waals surface area contributed by atoms with E-state index in [-0.39, 0.29) is 18.2 Å². The monoisotopic (exact) mass is 146 g/mol. The Morgan fingerprint density at radius 2 is 1.90 bits per heavy atom. The molecular formula is C7H14O3. The van der Waals surface area contributed by atoms with Crippen LogP contribution in [0.3, 0.4) is 0 Å². The van der Waals surface area contributed by atoms with Crippen LogP contribution in [-0.4, -0.2) is 25.3 Å². The molecule has 10 heavy (non-hydrogen) atoms. The summed E-state index contributed by atoms with van der Waals surface area (Å²) in [6, 6.07) is 0. The zero-order valence-corrected chi connectivity index (χ0v) is 6.93. The zero-order chi connectivity index (χ0) is 8.20. The molecule has 0 amide bonds. The minimum Gasteiger partial charge on any atom is -0.467 e. The van der Waals surface area contributed by atoms with Crippen molar-refractivity contribution in [2.75, 3.05) is 13.7 Å². The number of hydrogen-bond acceptors (Lipinski definition) is 3. The molecule has 0 aromatic heterocycles. The predicted octanol–water partition coefficient (Wildman–Crippen LogP) is 0.974. The first-order chi connectivity index (χ1) is 4.45. The van der Waals surface area contributed by atoms with Crippen LogP contribution in [0.1, 0.15) is 20.8 Å². The lowest BCUT2D eigenvalue weighted by molar-refractivity contribution is -0.150. The summed E-state index contributed by atoms with van der Waals surface area (Å²) in [5.74, 6) is -0.338. The molecule has 0 saturated heterocycles. The van der Waals surface area contributed by atoms with Crippen LogP contribution in [0.5, 0.6) is 0 Å². The normalized spacial score (nSPS) is 11.2. The van der Waals surface area contributed by atoms with E-state index >= 15 is 0 Å². The number of carbonyl (C=O) groups is 1. The lowest BCUT2D eigenvalue weighted by Crippen LogP contribution is -2.24. The third-order valence-corrected chi connectivity index (χ3v) is 0.851. The Kier molecular flexibility index (Phi) is 3.36. The largest absolute Gasteiger partial charge is 0.467 e. The first-order valence-electron chi connectivity index (χ1n) is 3.16. The Balaban J connectivity index is 3.46. The highest BCUT2D eigenvalue weighted by atomic mass is 16.6. The predicted molar refractivity (Wildman–Crippen MR) is 37.7 cm³/mol. The Bertz CT molecular complexity index is 113. The molecule has 0 fully saturated rings. The van der Waals surface area contributed by atoms with Crippen LogP contribution in [0.25, 0.3) is 0 Å². The number of carbonyl (C=O) groups excluding carboxylic acids is 1. The van der Waals surface area contributed by atoms with Crippen LogP contribution < -0.4 is 0 Å². The maximum absolute atomic E-state index is 10.5. The second-order valence-corrected chi connectivity index (χ2v) is 2.98. The average molecular weight is 146 g/mol. The van der Waals surface area contributed by atoms with E-state index in [1.54, 1.807) is 0 Å². The van der Waals surface area contributed by atoms with Crippen molar-refractivity contribution in [2.45, 2.75) is 26.4 Å². The molecule has 0 radical (unpaired) electrons. The fourth-order valence-electron chi connectivity index (χ4n) is 0.334. The van der Waals surface area contributed by atoms with Gasteiger partial charge in [0.05, 0.1) is 12.7 Å². The van der Waals surface area contributed by atoms with Crippen molar-refractivity contribution in [3.8, 4) is 0 Å². The van der Waals surface area contributed by atoms with Crippen LogP contribution in [0, 0.1) is 0 Å². The van der Waals surface area contributed by atoms with E-state index in [0.717, 1.165) is 0 Å². The van der Waals surface area contributed by atoms with Crippen molar-refractivity contribution in [3.05, 3.63) is 0 Å². The molecule has 0 unspecified atom stereocenters. The van der Waals surface area contributed by atoms with Gasteiger partial charge in [0.25, 0.3) is 0 Å². The number of esters is 1. The van der Waals surface area contributed by atoms with Gasteiger partial charge in [0.1, 0.15) is 6.61 Å². The van der Waals surface area contributed by atoms with E-state index in [2.05, 4.69) is 4.74 Å². The van der Waals surface area contributed by atoms with Crippen molar-refractivity contribution < 1.29 is 14.3 Å². The van der Waals surface area contributed by atoms with E-state index in [1.807, 2.05) is 20.8 Å². The standard InChI is InChI=1S/C7H14O3/c1-7(2,3)10-5-6(8)9-4/h5H2,1-4H3. The van der Waals surface area contributed by atoms with Gasteiger partial charge in [0.15, 0.2) is 0 Å². The molecular weight excluding hydrogens is 132 g/mol. The summed E-state index contributed by atoms with van der Waals surface area (Å²) in [5.41, 5.74) is -0.270. The van der Waals surface area contributed by atoms with E-state index in [1.165, 1.54) is 7.11 Å². The van der Waals surface area contributed by atoms with Gasteiger partial charge in [-0.05, 0) is 20.8 Å². The molecule has 0 rings (SSSR count). The summed E-state index contributed by atoms with van der Waals surface area (Å²) >= 11 is 0. The molecule has 0 bridgehead atoms. The SMILES string of the molecule is COC(=O)COC(C)(C)C. The van der Waals surface area contributed by atoms with Gasteiger partial charge >= 0.3 is 5.97 Å². The van der Waals surface area contributed by atoms with Gasteiger partial charge in [0.2, 0.25) is 0 Å². The van der Waals surface area contributed by atoms with Crippen molar-refractivity contribution in [3.63, 3.8) is 0 Å². The van der Waals surface area contributed by atoms with E-state index in [9.17, 15) is 4.79 Å². The summed E-state index contributed by atoms with van der Waals surface area (Å²) in [4.78, 5) is 10.5. The summed E-state index contributed by atoms with van der Waals surface area (Å²) in [6.45, 7) is 5.68. The van der Waals surface area contributed by atoms with Gasteiger partial charge in [0, 0.05) is 0 Å². The van der Waals surface area contributed by atoms with Gasteiger partial charge < -0.3 is 9.47 Å². The van der Waals surface area contributed by atoms with Crippen molar-refractivity contribution in [1.29, 1.82) is 0 Å². The molecule has 3 heteroatoms. The minimum absolute atomic E-state index is 0.0278. The highest BCUT2D eigenvalue weighted by molar-refractivity contribution is 5.70. The number of ether oxygens (including phenoxy) is 2. The molecule has 60 valence electrons. The summed E-state index contributed by atoms with van der Waals surface area (Å²) in [6.07, 6.45) is 0. The highest BCUT2D eigenvalue weighted by Crippen LogP contribution is 2.05. The summed E-state index contributed by atoms with van der Waals surface area (Å²) in [7, 11) is 1.34. The molecule has 0 aliphatic heterocycles. The van der Waals surface area contributed by atoms with Crippen molar-refractivity contribution in [2.24, 2.45) is 0 Å². The van der Waals surface area contributed by atoms with Crippen LogP contribution in [0.15, 0.2) is 0 Å². The second kappa shape index (κ2) is 3.56. The first kappa shape index (κ1) is 9.43. The maximum atomic E-state index is 10.5.